The third-order valence-corrected chi connectivity index (χ3v) is 6.30. The Labute approximate surface area is 184 Å². The molecule has 1 saturated heterocycles. The van der Waals surface area contributed by atoms with Crippen molar-refractivity contribution in [2.45, 2.75) is 44.2 Å². The molecule has 4 rings (SSSR count). The van der Waals surface area contributed by atoms with E-state index in [0.29, 0.717) is 24.4 Å². The van der Waals surface area contributed by atoms with Crippen molar-refractivity contribution < 1.29 is 19.1 Å². The van der Waals surface area contributed by atoms with Gasteiger partial charge in [0.15, 0.2) is 5.82 Å². The second-order valence-corrected chi connectivity index (χ2v) is 8.44. The standard InChI is InChI=1S/C22H25FN6O3/c23-14-4-6-15(7-5-14)26-21-17(20(25)30)12-29(27-21)19-9-10-28(22(31)32)18(16(19)11-24)8-3-13-1-2-13/h4-7,12-13,16,18-19H,1-3,8-10H2,(H2,25,30)(H,26,27)(H,31,32)/t16-,18?,19-/m0/s1. The number of rotatable bonds is 7. The minimum atomic E-state index is -1.03. The molecule has 9 nitrogen and oxygen atoms in total. The van der Waals surface area contributed by atoms with Crippen molar-refractivity contribution in [1.82, 2.24) is 14.7 Å². The zero-order valence-corrected chi connectivity index (χ0v) is 17.4. The highest BCUT2D eigenvalue weighted by Gasteiger charge is 2.42. The van der Waals surface area contributed by atoms with Crippen molar-refractivity contribution in [3.8, 4) is 6.07 Å². The second kappa shape index (κ2) is 8.86. The van der Waals surface area contributed by atoms with Gasteiger partial charge in [-0.1, -0.05) is 12.8 Å². The van der Waals surface area contributed by atoms with E-state index in [2.05, 4.69) is 16.5 Å². The number of carbonyl (C=O) groups excluding carboxylic acids is 1. The molecule has 0 radical (unpaired) electrons. The van der Waals surface area contributed by atoms with Gasteiger partial charge in [0.2, 0.25) is 0 Å². The number of hydrogen-bond acceptors (Lipinski definition) is 5. The number of primary amides is 1. The smallest absolute Gasteiger partial charge is 0.407 e. The molecule has 0 bridgehead atoms. The fourth-order valence-corrected chi connectivity index (χ4v) is 4.43. The third-order valence-electron chi connectivity index (χ3n) is 6.30. The topological polar surface area (TPSA) is 137 Å². The summed E-state index contributed by atoms with van der Waals surface area (Å²) in [6.07, 6.45) is 4.68. The molecule has 2 aromatic rings. The van der Waals surface area contributed by atoms with Crippen molar-refractivity contribution in [2.24, 2.45) is 17.6 Å². The first-order valence-electron chi connectivity index (χ1n) is 10.7. The van der Waals surface area contributed by atoms with E-state index in [-0.39, 0.29) is 17.9 Å². The number of nitriles is 1. The Morgan fingerprint density at radius 3 is 2.56 bits per heavy atom. The van der Waals surface area contributed by atoms with Gasteiger partial charge in [0.25, 0.3) is 5.91 Å². The number of benzene rings is 1. The van der Waals surface area contributed by atoms with Crippen LogP contribution in [-0.4, -0.2) is 44.4 Å². The van der Waals surface area contributed by atoms with Crippen molar-refractivity contribution >= 4 is 23.5 Å². The Morgan fingerprint density at radius 2 is 1.97 bits per heavy atom. The van der Waals surface area contributed by atoms with Gasteiger partial charge >= 0.3 is 6.09 Å². The summed E-state index contributed by atoms with van der Waals surface area (Å²) >= 11 is 0. The summed E-state index contributed by atoms with van der Waals surface area (Å²) in [6.45, 7) is 0.278. The highest BCUT2D eigenvalue weighted by Crippen LogP contribution is 2.40. The van der Waals surface area contributed by atoms with Gasteiger partial charge in [-0.25, -0.2) is 9.18 Å². The summed E-state index contributed by atoms with van der Waals surface area (Å²) in [5, 5.41) is 27.1. The van der Waals surface area contributed by atoms with Crippen LogP contribution in [-0.2, 0) is 0 Å². The highest BCUT2D eigenvalue weighted by atomic mass is 19.1. The van der Waals surface area contributed by atoms with Crippen LogP contribution < -0.4 is 11.1 Å². The number of aromatic nitrogens is 2. The normalized spacial score (nSPS) is 22.9. The van der Waals surface area contributed by atoms with Crippen LogP contribution in [0.1, 0.15) is 48.5 Å². The highest BCUT2D eigenvalue weighted by molar-refractivity contribution is 5.98. The first-order valence-corrected chi connectivity index (χ1v) is 10.7. The number of nitrogens with zero attached hydrogens (tertiary/aromatic N) is 4. The molecule has 0 spiro atoms. The summed E-state index contributed by atoms with van der Waals surface area (Å²) in [5.41, 5.74) is 6.20. The number of halogens is 1. The summed E-state index contributed by atoms with van der Waals surface area (Å²) in [5.74, 6) is -0.880. The van der Waals surface area contributed by atoms with Crippen LogP contribution in [0.5, 0.6) is 0 Å². The van der Waals surface area contributed by atoms with Gasteiger partial charge in [0.05, 0.1) is 24.1 Å². The first-order chi connectivity index (χ1) is 15.4. The van der Waals surface area contributed by atoms with Crippen LogP contribution in [0.4, 0.5) is 20.7 Å². The first kappa shape index (κ1) is 21.6. The molecule has 2 aliphatic rings. The zero-order valence-electron chi connectivity index (χ0n) is 17.4. The van der Waals surface area contributed by atoms with Crippen LogP contribution in [0, 0.1) is 29.0 Å². The van der Waals surface area contributed by atoms with Gasteiger partial charge < -0.3 is 21.1 Å². The monoisotopic (exact) mass is 440 g/mol. The molecule has 10 heteroatoms. The molecule has 1 aromatic carbocycles. The number of likely N-dealkylation sites (tertiary alicyclic amines) is 1. The Hall–Kier alpha value is -3.61. The molecule has 4 N–H and O–H groups in total. The van der Waals surface area contributed by atoms with E-state index >= 15 is 0 Å². The van der Waals surface area contributed by atoms with Gasteiger partial charge in [-0.05, 0) is 49.4 Å². The maximum absolute atomic E-state index is 13.2. The fraction of sp³-hybridized carbons (Fsp3) is 0.455. The van der Waals surface area contributed by atoms with Crippen LogP contribution in [0.3, 0.4) is 0 Å². The Bertz CT molecular complexity index is 1040. The van der Waals surface area contributed by atoms with Crippen LogP contribution in [0.15, 0.2) is 30.5 Å². The van der Waals surface area contributed by atoms with E-state index in [4.69, 9.17) is 5.73 Å². The number of piperidine rings is 1. The van der Waals surface area contributed by atoms with E-state index in [1.807, 2.05) is 0 Å². The fourth-order valence-electron chi connectivity index (χ4n) is 4.43. The second-order valence-electron chi connectivity index (χ2n) is 8.44. The molecule has 3 atom stereocenters. The SMILES string of the molecule is N#C[C@H]1C(CCC2CC2)N(C(=O)O)CC[C@@H]1n1cc(C(N)=O)c(Nc2ccc(F)cc2)n1. The van der Waals surface area contributed by atoms with Gasteiger partial charge in [-0.2, -0.15) is 10.4 Å². The molecule has 1 saturated carbocycles. The molecule has 1 aliphatic heterocycles. The lowest BCUT2D eigenvalue weighted by Crippen LogP contribution is -2.51. The molecule has 1 aromatic heterocycles. The van der Waals surface area contributed by atoms with Gasteiger partial charge in [0, 0.05) is 18.4 Å². The number of amides is 2. The predicted molar refractivity (Wildman–Crippen MR) is 114 cm³/mol. The molecule has 32 heavy (non-hydrogen) atoms. The molecule has 2 amide bonds. The number of carbonyl (C=O) groups is 2. The number of nitrogens with one attached hydrogen (secondary N) is 1. The quantitative estimate of drug-likeness (QED) is 0.603. The summed E-state index contributed by atoms with van der Waals surface area (Å²) in [7, 11) is 0. The molecule has 1 aliphatic carbocycles. The number of nitrogens with two attached hydrogens (primary N) is 1. The van der Waals surface area contributed by atoms with E-state index in [9.17, 15) is 24.3 Å². The van der Waals surface area contributed by atoms with Gasteiger partial charge in [-0.3, -0.25) is 9.48 Å². The van der Waals surface area contributed by atoms with Gasteiger partial charge in [-0.15, -0.1) is 0 Å². The van der Waals surface area contributed by atoms with E-state index in [0.717, 1.165) is 19.3 Å². The maximum atomic E-state index is 13.2. The Kier molecular flexibility index (Phi) is 5.99. The number of carboxylic acid groups (broad SMARTS) is 1. The molecule has 2 heterocycles. The van der Waals surface area contributed by atoms with E-state index in [1.165, 1.54) is 35.4 Å². The average Bonchev–Trinajstić information content (AvgIpc) is 3.50. The minimum Gasteiger partial charge on any atom is -0.465 e. The van der Waals surface area contributed by atoms with E-state index < -0.39 is 35.8 Å². The number of hydrogen-bond donors (Lipinski definition) is 3. The zero-order chi connectivity index (χ0) is 22.8. The molecular weight excluding hydrogens is 415 g/mol. The molecule has 1 unspecified atom stereocenters. The lowest BCUT2D eigenvalue weighted by atomic mass is 9.83. The molecular formula is C22H25FN6O3. The summed E-state index contributed by atoms with van der Waals surface area (Å²) < 4.78 is 14.8. The van der Waals surface area contributed by atoms with E-state index in [1.54, 1.807) is 4.68 Å². The van der Waals surface area contributed by atoms with Crippen molar-refractivity contribution in [1.29, 1.82) is 5.26 Å². The summed E-state index contributed by atoms with van der Waals surface area (Å²) in [6, 6.07) is 7.04. The average molecular weight is 440 g/mol. The lowest BCUT2D eigenvalue weighted by Gasteiger charge is -2.41. The number of anilines is 2. The van der Waals surface area contributed by atoms with Gasteiger partial charge in [0.1, 0.15) is 11.4 Å². The molecule has 168 valence electrons. The largest absolute Gasteiger partial charge is 0.465 e. The Balaban J connectivity index is 1.62. The lowest BCUT2D eigenvalue weighted by molar-refractivity contribution is 0.0616. The van der Waals surface area contributed by atoms with Crippen LogP contribution >= 0.6 is 0 Å². The Morgan fingerprint density at radius 1 is 1.25 bits per heavy atom. The summed E-state index contributed by atoms with van der Waals surface area (Å²) in [4.78, 5) is 25.2. The van der Waals surface area contributed by atoms with Crippen molar-refractivity contribution in [2.75, 3.05) is 11.9 Å². The predicted octanol–water partition coefficient (Wildman–Crippen LogP) is 3.49. The van der Waals surface area contributed by atoms with Crippen molar-refractivity contribution in [3.05, 3.63) is 41.8 Å². The molecule has 2 fully saturated rings. The third kappa shape index (κ3) is 4.51. The van der Waals surface area contributed by atoms with Crippen LogP contribution in [0.25, 0.3) is 0 Å². The minimum absolute atomic E-state index is 0.140. The van der Waals surface area contributed by atoms with Crippen molar-refractivity contribution in [3.63, 3.8) is 0 Å². The maximum Gasteiger partial charge on any atom is 0.407 e. The van der Waals surface area contributed by atoms with Crippen LogP contribution in [0.2, 0.25) is 0 Å².